The van der Waals surface area contributed by atoms with Crippen molar-refractivity contribution in [1.29, 1.82) is 0 Å². The van der Waals surface area contributed by atoms with Crippen LogP contribution in [0.15, 0.2) is 24.3 Å². The summed E-state index contributed by atoms with van der Waals surface area (Å²) in [5, 5.41) is 2.74. The van der Waals surface area contributed by atoms with E-state index in [1.54, 1.807) is 0 Å². The molecule has 1 fully saturated rings. The number of benzene rings is 1. The Morgan fingerprint density at radius 3 is 2.82 bits per heavy atom. The second kappa shape index (κ2) is 4.51. The van der Waals surface area contributed by atoms with Crippen LogP contribution in [-0.4, -0.2) is 25.2 Å². The lowest BCUT2D eigenvalue weighted by molar-refractivity contribution is -0.114. The van der Waals surface area contributed by atoms with Gasteiger partial charge in [-0.3, -0.25) is 4.79 Å². The van der Waals surface area contributed by atoms with Crippen LogP contribution >= 0.6 is 0 Å². The molecule has 1 aliphatic heterocycles. The van der Waals surface area contributed by atoms with E-state index >= 15 is 0 Å². The summed E-state index contributed by atoms with van der Waals surface area (Å²) in [4.78, 5) is 11.0. The number of rotatable bonds is 2. The molecule has 0 radical (unpaired) electrons. The zero-order valence-corrected chi connectivity index (χ0v) is 10.3. The van der Waals surface area contributed by atoms with Crippen LogP contribution in [0, 0.1) is 0 Å². The zero-order chi connectivity index (χ0) is 12.5. The Balaban J connectivity index is 2.14. The Kier molecular flexibility index (Phi) is 3.22. The van der Waals surface area contributed by atoms with Gasteiger partial charge in [-0.05, 0) is 31.4 Å². The first-order chi connectivity index (χ1) is 7.96. The minimum Gasteiger partial charge on any atom is -0.404 e. The van der Waals surface area contributed by atoms with Crippen molar-refractivity contribution in [2.75, 3.05) is 11.9 Å². The van der Waals surface area contributed by atoms with Crippen LogP contribution in [0.25, 0.3) is 0 Å². The number of nitrogens with one attached hydrogen (secondary N) is 1. The van der Waals surface area contributed by atoms with Gasteiger partial charge in [0.15, 0.2) is 0 Å². The van der Waals surface area contributed by atoms with E-state index < -0.39 is 0 Å². The summed E-state index contributed by atoms with van der Waals surface area (Å²) in [6.45, 7) is 6.04. The Morgan fingerprint density at radius 1 is 1.47 bits per heavy atom. The second-order valence-electron chi connectivity index (χ2n) is 4.83. The highest BCUT2D eigenvalue weighted by atomic mass is 16.7. The molecule has 0 atom stereocenters. The normalized spacial score (nSPS) is 18.2. The van der Waals surface area contributed by atoms with Gasteiger partial charge in [0.1, 0.15) is 0 Å². The van der Waals surface area contributed by atoms with E-state index in [-0.39, 0.29) is 18.6 Å². The van der Waals surface area contributed by atoms with Crippen LogP contribution in [0.3, 0.4) is 0 Å². The molecular formula is C12H16BNO3. The van der Waals surface area contributed by atoms with E-state index in [1.807, 2.05) is 38.1 Å². The number of carbonyl (C=O) groups excluding carboxylic acids is 1. The molecule has 0 spiro atoms. The second-order valence-corrected chi connectivity index (χ2v) is 4.83. The van der Waals surface area contributed by atoms with Gasteiger partial charge in [-0.2, -0.15) is 0 Å². The smallest absolute Gasteiger partial charge is 0.404 e. The van der Waals surface area contributed by atoms with E-state index in [0.717, 1.165) is 11.2 Å². The average molecular weight is 233 g/mol. The summed E-state index contributed by atoms with van der Waals surface area (Å²) in [5.74, 6) is -0.0873. The lowest BCUT2D eigenvalue weighted by Crippen LogP contribution is -2.34. The van der Waals surface area contributed by atoms with Gasteiger partial charge < -0.3 is 14.6 Å². The molecular weight excluding hydrogens is 217 g/mol. The van der Waals surface area contributed by atoms with Crippen molar-refractivity contribution in [2.24, 2.45) is 0 Å². The molecule has 0 saturated carbocycles. The fraction of sp³-hybridized carbons (Fsp3) is 0.417. The molecule has 1 amide bonds. The van der Waals surface area contributed by atoms with Gasteiger partial charge >= 0.3 is 7.12 Å². The maximum atomic E-state index is 11.0. The average Bonchev–Trinajstić information content (AvgIpc) is 2.58. The highest BCUT2D eigenvalue weighted by Gasteiger charge is 2.38. The minimum absolute atomic E-state index is 0.0873. The molecule has 90 valence electrons. The third kappa shape index (κ3) is 3.08. The molecule has 0 unspecified atom stereocenters. The number of hydrogen-bond donors (Lipinski definition) is 1. The predicted molar refractivity (Wildman–Crippen MR) is 67.2 cm³/mol. The van der Waals surface area contributed by atoms with E-state index in [4.69, 9.17) is 9.31 Å². The Morgan fingerprint density at radius 2 is 2.24 bits per heavy atom. The summed E-state index contributed by atoms with van der Waals surface area (Å²) in [6, 6.07) is 7.51. The Hall–Kier alpha value is -1.33. The third-order valence-corrected chi connectivity index (χ3v) is 2.49. The fourth-order valence-electron chi connectivity index (χ4n) is 1.76. The van der Waals surface area contributed by atoms with Crippen molar-refractivity contribution < 1.29 is 14.1 Å². The molecule has 1 heterocycles. The molecule has 1 aromatic carbocycles. The molecule has 4 nitrogen and oxygen atoms in total. The summed E-state index contributed by atoms with van der Waals surface area (Å²) in [5.41, 5.74) is 1.42. The number of anilines is 1. The first-order valence-electron chi connectivity index (χ1n) is 5.63. The molecule has 0 aliphatic carbocycles. The molecule has 1 aliphatic rings. The van der Waals surface area contributed by atoms with Crippen molar-refractivity contribution in [3.8, 4) is 0 Å². The number of carbonyl (C=O) groups is 1. The van der Waals surface area contributed by atoms with Crippen LogP contribution in [0.5, 0.6) is 0 Å². The first kappa shape index (κ1) is 12.1. The van der Waals surface area contributed by atoms with Gasteiger partial charge in [0, 0.05) is 12.6 Å². The third-order valence-electron chi connectivity index (χ3n) is 2.49. The van der Waals surface area contributed by atoms with Gasteiger partial charge in [0.2, 0.25) is 5.91 Å². The lowest BCUT2D eigenvalue weighted by atomic mass is 9.79. The molecule has 5 heteroatoms. The number of hydrogen-bond acceptors (Lipinski definition) is 3. The molecule has 2 rings (SSSR count). The monoisotopic (exact) mass is 233 g/mol. The van der Waals surface area contributed by atoms with Crippen LogP contribution < -0.4 is 10.8 Å². The van der Waals surface area contributed by atoms with Crippen LogP contribution in [0.2, 0.25) is 0 Å². The standard InChI is InChI=1S/C12H16BNO3/c1-9(15)14-11-6-4-5-10(7-11)13-16-8-12(2,3)17-13/h4-7H,8H2,1-3H3,(H,14,15). The zero-order valence-electron chi connectivity index (χ0n) is 10.3. The predicted octanol–water partition coefficient (Wildman–Crippen LogP) is 1.17. The van der Waals surface area contributed by atoms with Crippen LogP contribution in [-0.2, 0) is 14.1 Å². The van der Waals surface area contributed by atoms with Gasteiger partial charge in [0.25, 0.3) is 0 Å². The van der Waals surface area contributed by atoms with Crippen molar-refractivity contribution in [2.45, 2.75) is 26.4 Å². The van der Waals surface area contributed by atoms with Gasteiger partial charge in [-0.1, -0.05) is 12.1 Å². The largest absolute Gasteiger partial charge is 0.494 e. The van der Waals surface area contributed by atoms with Crippen LogP contribution in [0.4, 0.5) is 5.69 Å². The molecule has 17 heavy (non-hydrogen) atoms. The van der Waals surface area contributed by atoms with E-state index in [9.17, 15) is 4.79 Å². The Bertz CT molecular complexity index is 434. The number of amides is 1. The van der Waals surface area contributed by atoms with E-state index in [1.165, 1.54) is 6.92 Å². The molecule has 1 saturated heterocycles. The summed E-state index contributed by atoms with van der Waals surface area (Å²) >= 11 is 0. The first-order valence-corrected chi connectivity index (χ1v) is 5.63. The summed E-state index contributed by atoms with van der Waals surface area (Å²) in [6.07, 6.45) is 0. The van der Waals surface area contributed by atoms with Crippen molar-refractivity contribution >= 4 is 24.2 Å². The highest BCUT2D eigenvalue weighted by Crippen LogP contribution is 2.20. The highest BCUT2D eigenvalue weighted by molar-refractivity contribution is 6.62. The van der Waals surface area contributed by atoms with Crippen molar-refractivity contribution in [3.05, 3.63) is 24.3 Å². The minimum atomic E-state index is -0.348. The topological polar surface area (TPSA) is 47.6 Å². The van der Waals surface area contributed by atoms with Crippen LogP contribution in [0.1, 0.15) is 20.8 Å². The maximum absolute atomic E-state index is 11.0. The van der Waals surface area contributed by atoms with Crippen molar-refractivity contribution in [1.82, 2.24) is 0 Å². The van der Waals surface area contributed by atoms with Crippen molar-refractivity contribution in [3.63, 3.8) is 0 Å². The quantitative estimate of drug-likeness (QED) is 0.780. The van der Waals surface area contributed by atoms with E-state index in [0.29, 0.717) is 6.61 Å². The van der Waals surface area contributed by atoms with Gasteiger partial charge in [0.05, 0.1) is 12.2 Å². The van der Waals surface area contributed by atoms with Gasteiger partial charge in [-0.15, -0.1) is 0 Å². The summed E-state index contributed by atoms with van der Waals surface area (Å²) in [7, 11) is -0.348. The summed E-state index contributed by atoms with van der Waals surface area (Å²) < 4.78 is 11.3. The molecule has 1 N–H and O–H groups in total. The molecule has 0 bridgehead atoms. The van der Waals surface area contributed by atoms with Gasteiger partial charge in [-0.25, -0.2) is 0 Å². The lowest BCUT2D eigenvalue weighted by Gasteiger charge is -2.15. The fourth-order valence-corrected chi connectivity index (χ4v) is 1.76. The maximum Gasteiger partial charge on any atom is 0.494 e. The Labute approximate surface area is 101 Å². The van der Waals surface area contributed by atoms with E-state index in [2.05, 4.69) is 5.32 Å². The SMILES string of the molecule is CC(=O)Nc1cccc(B2OCC(C)(C)O2)c1. The molecule has 0 aromatic heterocycles. The molecule has 1 aromatic rings.